The van der Waals surface area contributed by atoms with Gasteiger partial charge < -0.3 is 19.9 Å². The first-order chi connectivity index (χ1) is 12.8. The van der Waals surface area contributed by atoms with Crippen molar-refractivity contribution in [3.8, 4) is 0 Å². The van der Waals surface area contributed by atoms with Crippen LogP contribution >= 0.6 is 24.0 Å². The molecule has 0 aliphatic carbocycles. The summed E-state index contributed by atoms with van der Waals surface area (Å²) in [5, 5.41) is 6.69. The summed E-state index contributed by atoms with van der Waals surface area (Å²) in [7, 11) is 0. The Hall–Kier alpha value is -1.61. The van der Waals surface area contributed by atoms with Gasteiger partial charge in [-0.05, 0) is 37.8 Å². The minimum absolute atomic E-state index is 0. The van der Waals surface area contributed by atoms with E-state index in [9.17, 15) is 0 Å². The van der Waals surface area contributed by atoms with E-state index in [1.807, 2.05) is 19.4 Å². The van der Waals surface area contributed by atoms with Crippen LogP contribution in [0.15, 0.2) is 48.0 Å². The maximum Gasteiger partial charge on any atom is 0.191 e. The zero-order chi connectivity index (χ0) is 18.5. The third-order valence-electron chi connectivity index (χ3n) is 3.89. The van der Waals surface area contributed by atoms with Crippen molar-refractivity contribution in [3.63, 3.8) is 0 Å². The number of benzene rings is 1. The molecule has 150 valence electrons. The molecule has 1 aromatic heterocycles. The van der Waals surface area contributed by atoms with Crippen LogP contribution in [0.4, 0.5) is 0 Å². The van der Waals surface area contributed by atoms with Gasteiger partial charge in [-0.2, -0.15) is 0 Å². The lowest BCUT2D eigenvalue weighted by atomic mass is 10.1. The molecular formula is C20H32IN5O. The van der Waals surface area contributed by atoms with Gasteiger partial charge in [0, 0.05) is 45.2 Å². The van der Waals surface area contributed by atoms with Gasteiger partial charge >= 0.3 is 0 Å². The number of rotatable bonds is 11. The molecule has 2 N–H and O–H groups in total. The predicted molar refractivity (Wildman–Crippen MR) is 122 cm³/mol. The maximum atomic E-state index is 5.36. The van der Waals surface area contributed by atoms with Crippen LogP contribution in [0.1, 0.15) is 37.8 Å². The zero-order valence-corrected chi connectivity index (χ0v) is 18.7. The Bertz CT molecular complexity index is 646. The summed E-state index contributed by atoms with van der Waals surface area (Å²) in [4.78, 5) is 8.79. The normalized spacial score (nSPS) is 11.1. The van der Waals surface area contributed by atoms with Gasteiger partial charge in [0.05, 0.1) is 12.9 Å². The van der Waals surface area contributed by atoms with Crippen molar-refractivity contribution in [2.45, 2.75) is 39.8 Å². The summed E-state index contributed by atoms with van der Waals surface area (Å²) in [5.41, 5.74) is 2.46. The number of aliphatic imine (C=N–C) groups is 1. The van der Waals surface area contributed by atoms with Gasteiger partial charge in [0.2, 0.25) is 0 Å². The quantitative estimate of drug-likeness (QED) is 0.222. The molecule has 0 unspecified atom stereocenters. The van der Waals surface area contributed by atoms with Crippen molar-refractivity contribution in [1.29, 1.82) is 0 Å². The molecule has 1 aromatic carbocycles. The minimum Gasteiger partial charge on any atom is -0.382 e. The lowest BCUT2D eigenvalue weighted by Gasteiger charge is -2.11. The fraction of sp³-hybridized carbons (Fsp3) is 0.500. The van der Waals surface area contributed by atoms with E-state index in [1.54, 1.807) is 6.20 Å². The van der Waals surface area contributed by atoms with Gasteiger partial charge in [0.1, 0.15) is 0 Å². The summed E-state index contributed by atoms with van der Waals surface area (Å²) in [6, 6.07) is 8.54. The van der Waals surface area contributed by atoms with E-state index in [-0.39, 0.29) is 24.0 Å². The predicted octanol–water partition coefficient (Wildman–Crippen LogP) is 3.42. The molecule has 1 heterocycles. The monoisotopic (exact) mass is 485 g/mol. The fourth-order valence-corrected chi connectivity index (χ4v) is 2.61. The number of unbranched alkanes of at least 4 members (excludes halogenated alkanes) is 1. The van der Waals surface area contributed by atoms with Crippen LogP contribution in [0.5, 0.6) is 0 Å². The van der Waals surface area contributed by atoms with Gasteiger partial charge in [-0.3, -0.25) is 0 Å². The first kappa shape index (κ1) is 23.4. The molecule has 6 nitrogen and oxygen atoms in total. The number of ether oxygens (including phenoxy) is 1. The number of nitrogens with one attached hydrogen (secondary N) is 2. The first-order valence-corrected chi connectivity index (χ1v) is 9.45. The van der Waals surface area contributed by atoms with Crippen molar-refractivity contribution in [1.82, 2.24) is 20.2 Å². The number of hydrogen-bond donors (Lipinski definition) is 2. The van der Waals surface area contributed by atoms with Crippen molar-refractivity contribution < 1.29 is 4.74 Å². The first-order valence-electron chi connectivity index (χ1n) is 9.45. The van der Waals surface area contributed by atoms with Crippen LogP contribution in [-0.4, -0.2) is 41.8 Å². The van der Waals surface area contributed by atoms with Crippen LogP contribution in [0.25, 0.3) is 0 Å². The van der Waals surface area contributed by atoms with Gasteiger partial charge in [0.25, 0.3) is 0 Å². The standard InChI is InChI=1S/C20H31N5O.HI/c1-3-22-20(23-10-5-6-13-26-4-2)24-15-18-8-7-9-19(14-18)16-25-12-11-21-17-25;/h7-9,11-12,14,17H,3-6,10,13,15-16H2,1-2H3,(H2,22,23,24);1H. The van der Waals surface area contributed by atoms with Crippen molar-refractivity contribution in [2.24, 2.45) is 4.99 Å². The Morgan fingerprint density at radius 1 is 1.19 bits per heavy atom. The molecule has 0 amide bonds. The van der Waals surface area contributed by atoms with E-state index in [1.165, 1.54) is 11.1 Å². The number of halogens is 1. The Labute approximate surface area is 179 Å². The van der Waals surface area contributed by atoms with Crippen molar-refractivity contribution in [3.05, 3.63) is 54.1 Å². The van der Waals surface area contributed by atoms with E-state index in [2.05, 4.69) is 51.4 Å². The zero-order valence-electron chi connectivity index (χ0n) is 16.4. The van der Waals surface area contributed by atoms with Gasteiger partial charge in [-0.1, -0.05) is 24.3 Å². The van der Waals surface area contributed by atoms with Crippen LogP contribution in [0.3, 0.4) is 0 Å². The summed E-state index contributed by atoms with van der Waals surface area (Å²) in [5.74, 6) is 0.865. The molecule has 0 aliphatic heterocycles. The molecule has 2 rings (SSSR count). The smallest absolute Gasteiger partial charge is 0.191 e. The number of nitrogens with zero attached hydrogens (tertiary/aromatic N) is 3. The molecular weight excluding hydrogens is 453 g/mol. The fourth-order valence-electron chi connectivity index (χ4n) is 2.61. The number of aromatic nitrogens is 2. The molecule has 0 saturated carbocycles. The second kappa shape index (κ2) is 14.4. The van der Waals surface area contributed by atoms with Gasteiger partial charge in [-0.15, -0.1) is 24.0 Å². The molecule has 0 fully saturated rings. The van der Waals surface area contributed by atoms with Crippen molar-refractivity contribution in [2.75, 3.05) is 26.3 Å². The highest BCUT2D eigenvalue weighted by atomic mass is 127. The summed E-state index contributed by atoms with van der Waals surface area (Å²) in [6.07, 6.45) is 7.76. The van der Waals surface area contributed by atoms with E-state index in [4.69, 9.17) is 9.73 Å². The van der Waals surface area contributed by atoms with Crippen molar-refractivity contribution >= 4 is 29.9 Å². The van der Waals surface area contributed by atoms with E-state index in [0.29, 0.717) is 6.54 Å². The topological polar surface area (TPSA) is 63.5 Å². The third-order valence-corrected chi connectivity index (χ3v) is 3.89. The maximum absolute atomic E-state index is 5.36. The highest BCUT2D eigenvalue weighted by Crippen LogP contribution is 2.08. The van der Waals surface area contributed by atoms with Gasteiger partial charge in [0.15, 0.2) is 5.96 Å². The Morgan fingerprint density at radius 2 is 2.04 bits per heavy atom. The Balaban J connectivity index is 0.00000364. The average molecular weight is 485 g/mol. The molecule has 0 bridgehead atoms. The second-order valence-corrected chi connectivity index (χ2v) is 6.08. The molecule has 0 aliphatic rings. The Morgan fingerprint density at radius 3 is 2.78 bits per heavy atom. The van der Waals surface area contributed by atoms with E-state index in [0.717, 1.165) is 51.6 Å². The molecule has 27 heavy (non-hydrogen) atoms. The van der Waals surface area contributed by atoms with Crippen LogP contribution in [-0.2, 0) is 17.8 Å². The average Bonchev–Trinajstić information content (AvgIpc) is 3.16. The highest BCUT2D eigenvalue weighted by Gasteiger charge is 2.00. The largest absolute Gasteiger partial charge is 0.382 e. The van der Waals surface area contributed by atoms with E-state index < -0.39 is 0 Å². The summed E-state index contributed by atoms with van der Waals surface area (Å²) < 4.78 is 7.43. The summed E-state index contributed by atoms with van der Waals surface area (Å²) in [6.45, 7) is 8.97. The highest BCUT2D eigenvalue weighted by molar-refractivity contribution is 14.0. The second-order valence-electron chi connectivity index (χ2n) is 6.08. The molecule has 0 atom stereocenters. The summed E-state index contributed by atoms with van der Waals surface area (Å²) >= 11 is 0. The lowest BCUT2D eigenvalue weighted by molar-refractivity contribution is 0.143. The van der Waals surface area contributed by atoms with Crippen LogP contribution in [0, 0.1) is 0 Å². The van der Waals surface area contributed by atoms with Gasteiger partial charge in [-0.25, -0.2) is 9.98 Å². The lowest BCUT2D eigenvalue weighted by Crippen LogP contribution is -2.37. The molecule has 0 radical (unpaired) electrons. The number of hydrogen-bond acceptors (Lipinski definition) is 3. The van der Waals surface area contributed by atoms with Crippen LogP contribution < -0.4 is 10.6 Å². The number of imidazole rings is 1. The van der Waals surface area contributed by atoms with E-state index >= 15 is 0 Å². The third kappa shape index (κ3) is 9.76. The molecule has 2 aromatic rings. The Kier molecular flexibility index (Phi) is 12.5. The molecule has 0 spiro atoms. The number of guanidine groups is 1. The van der Waals surface area contributed by atoms with Crippen LogP contribution in [0.2, 0.25) is 0 Å². The molecule has 0 saturated heterocycles. The SMILES string of the molecule is CCNC(=NCc1cccc(Cn2ccnc2)c1)NCCCCOCC.I. The molecule has 7 heteroatoms. The minimum atomic E-state index is 0.